The number of halogens is 2. The molecule has 1 atom stereocenters. The number of hydrogen-bond acceptors (Lipinski definition) is 7. The Bertz CT molecular complexity index is 1240. The summed E-state index contributed by atoms with van der Waals surface area (Å²) in [5.74, 6) is -0.766. The third-order valence-electron chi connectivity index (χ3n) is 6.23. The van der Waals surface area contributed by atoms with E-state index in [1.165, 1.54) is 11.6 Å². The van der Waals surface area contributed by atoms with Gasteiger partial charge in [0.2, 0.25) is 0 Å². The topological polar surface area (TPSA) is 136 Å². The van der Waals surface area contributed by atoms with Gasteiger partial charge < -0.3 is 31.2 Å². The number of carboxylic acid groups (broad SMARTS) is 1. The van der Waals surface area contributed by atoms with Crippen molar-refractivity contribution >= 4 is 47.1 Å². The Morgan fingerprint density at radius 1 is 1.23 bits per heavy atom. The van der Waals surface area contributed by atoms with E-state index in [9.17, 15) is 14.7 Å². The number of nitrogens with one attached hydrogen (secondary N) is 4. The lowest BCUT2D eigenvalue weighted by Crippen LogP contribution is -2.35. The van der Waals surface area contributed by atoms with Crippen LogP contribution in [0, 0.1) is 5.41 Å². The number of aryl methyl sites for hydroxylation is 2. The van der Waals surface area contributed by atoms with Gasteiger partial charge in [-0.1, -0.05) is 29.3 Å². The number of pyridine rings is 1. The van der Waals surface area contributed by atoms with Crippen molar-refractivity contribution in [2.75, 3.05) is 25.0 Å². The highest BCUT2D eigenvalue weighted by Crippen LogP contribution is 2.26. The highest BCUT2D eigenvalue weighted by Gasteiger charge is 2.23. The van der Waals surface area contributed by atoms with Gasteiger partial charge in [0.05, 0.1) is 35.9 Å². The van der Waals surface area contributed by atoms with E-state index in [0.717, 1.165) is 50.0 Å². The normalized spacial score (nSPS) is 14.3. The van der Waals surface area contributed by atoms with Crippen LogP contribution in [0.5, 0.6) is 0 Å². The van der Waals surface area contributed by atoms with Crippen molar-refractivity contribution in [3.05, 3.63) is 68.5 Å². The van der Waals surface area contributed by atoms with Crippen molar-refractivity contribution in [3.8, 4) is 0 Å². The number of amides is 1. The van der Waals surface area contributed by atoms with Crippen LogP contribution in [0.1, 0.15) is 62.9 Å². The SMILES string of the molecule is CC(C)(C)OC/C(NCCCc1ccc2c(n1)NCCC2)=C(/C=N)C(=O)NC(CC(=O)O)c1cc(Cl)cc(Cl)c1. The summed E-state index contributed by atoms with van der Waals surface area (Å²) in [6, 6.07) is 7.90. The van der Waals surface area contributed by atoms with E-state index >= 15 is 0 Å². The monoisotopic (exact) mass is 589 g/mol. The number of aliphatic carboxylic acids is 1. The van der Waals surface area contributed by atoms with Crippen LogP contribution in [0.4, 0.5) is 5.82 Å². The van der Waals surface area contributed by atoms with Gasteiger partial charge in [0, 0.05) is 35.0 Å². The van der Waals surface area contributed by atoms with Crippen molar-refractivity contribution in [2.24, 2.45) is 0 Å². The van der Waals surface area contributed by atoms with E-state index in [1.807, 2.05) is 26.8 Å². The number of benzene rings is 1. The molecular formula is C29H37Cl2N5O4. The van der Waals surface area contributed by atoms with Gasteiger partial charge in [0.25, 0.3) is 5.91 Å². The number of carboxylic acids is 1. The van der Waals surface area contributed by atoms with E-state index in [4.69, 9.17) is 38.3 Å². The van der Waals surface area contributed by atoms with E-state index in [-0.39, 0.29) is 12.2 Å². The van der Waals surface area contributed by atoms with Crippen LogP contribution >= 0.6 is 23.2 Å². The van der Waals surface area contributed by atoms with E-state index in [0.29, 0.717) is 27.9 Å². The highest BCUT2D eigenvalue weighted by molar-refractivity contribution is 6.34. The number of carbonyl (C=O) groups excluding carboxylic acids is 1. The van der Waals surface area contributed by atoms with Crippen molar-refractivity contribution < 1.29 is 19.4 Å². The summed E-state index contributed by atoms with van der Waals surface area (Å²) in [6.45, 7) is 7.21. The number of anilines is 1. The molecule has 1 amide bonds. The molecule has 3 rings (SSSR count). The third kappa shape index (κ3) is 9.80. The van der Waals surface area contributed by atoms with Crippen molar-refractivity contribution in [1.29, 1.82) is 5.41 Å². The average Bonchev–Trinajstić information content (AvgIpc) is 2.87. The number of hydrogen-bond donors (Lipinski definition) is 5. The molecule has 0 saturated heterocycles. The summed E-state index contributed by atoms with van der Waals surface area (Å²) in [6.07, 6.45) is 4.17. The second kappa shape index (κ2) is 14.5. The van der Waals surface area contributed by atoms with Crippen LogP contribution in [0.15, 0.2) is 41.6 Å². The number of ether oxygens (including phenoxy) is 1. The molecule has 9 nitrogen and oxygen atoms in total. The summed E-state index contributed by atoms with van der Waals surface area (Å²) in [7, 11) is 0. The summed E-state index contributed by atoms with van der Waals surface area (Å²) in [4.78, 5) is 29.7. The first-order valence-electron chi connectivity index (χ1n) is 13.3. The summed E-state index contributed by atoms with van der Waals surface area (Å²) in [5, 5.41) is 27.5. The van der Waals surface area contributed by atoms with Crippen LogP contribution in [-0.2, 0) is 27.2 Å². The number of nitrogens with zero attached hydrogens (tertiary/aromatic N) is 1. The molecule has 1 aliphatic rings. The van der Waals surface area contributed by atoms with Gasteiger partial charge in [0.15, 0.2) is 0 Å². The molecule has 0 aliphatic carbocycles. The first kappa shape index (κ1) is 31.4. The molecule has 216 valence electrons. The Balaban J connectivity index is 1.75. The molecule has 1 aromatic heterocycles. The summed E-state index contributed by atoms with van der Waals surface area (Å²) in [5.41, 5.74) is 2.66. The van der Waals surface area contributed by atoms with Gasteiger partial charge in [-0.25, -0.2) is 4.98 Å². The maximum Gasteiger partial charge on any atom is 0.305 e. The number of rotatable bonds is 13. The zero-order valence-corrected chi connectivity index (χ0v) is 24.6. The maximum atomic E-state index is 13.4. The van der Waals surface area contributed by atoms with Gasteiger partial charge in [-0.05, 0) is 81.8 Å². The Kier molecular flexibility index (Phi) is 11.4. The van der Waals surface area contributed by atoms with Crippen molar-refractivity contribution in [1.82, 2.24) is 15.6 Å². The molecule has 0 fully saturated rings. The average molecular weight is 591 g/mol. The molecule has 40 heavy (non-hydrogen) atoms. The van der Waals surface area contributed by atoms with E-state index in [2.05, 4.69) is 22.0 Å². The second-order valence-electron chi connectivity index (χ2n) is 10.6. The maximum absolute atomic E-state index is 13.4. The van der Waals surface area contributed by atoms with E-state index < -0.39 is 29.9 Å². The summed E-state index contributed by atoms with van der Waals surface area (Å²) < 4.78 is 5.93. The van der Waals surface area contributed by atoms with Gasteiger partial charge in [-0.2, -0.15) is 0 Å². The fourth-order valence-corrected chi connectivity index (χ4v) is 4.80. The van der Waals surface area contributed by atoms with Crippen LogP contribution in [-0.4, -0.2) is 53.5 Å². The molecule has 2 aromatic rings. The fourth-order valence-electron chi connectivity index (χ4n) is 4.26. The lowest BCUT2D eigenvalue weighted by Gasteiger charge is -2.24. The fraction of sp³-hybridized carbons (Fsp3) is 0.448. The molecule has 11 heteroatoms. The van der Waals surface area contributed by atoms with Crippen LogP contribution in [0.2, 0.25) is 10.0 Å². The highest BCUT2D eigenvalue weighted by atomic mass is 35.5. The van der Waals surface area contributed by atoms with Gasteiger partial charge in [-0.15, -0.1) is 0 Å². The molecule has 0 spiro atoms. The molecule has 1 aliphatic heterocycles. The van der Waals surface area contributed by atoms with Gasteiger partial charge >= 0.3 is 5.97 Å². The number of carbonyl (C=O) groups is 2. The van der Waals surface area contributed by atoms with Crippen LogP contribution < -0.4 is 16.0 Å². The molecular weight excluding hydrogens is 553 g/mol. The van der Waals surface area contributed by atoms with Crippen LogP contribution in [0.3, 0.4) is 0 Å². The first-order chi connectivity index (χ1) is 18.9. The predicted octanol–water partition coefficient (Wildman–Crippen LogP) is 5.32. The molecule has 0 radical (unpaired) electrons. The lowest BCUT2D eigenvalue weighted by atomic mass is 10.0. The minimum absolute atomic E-state index is 0.0452. The summed E-state index contributed by atoms with van der Waals surface area (Å²) >= 11 is 12.2. The second-order valence-corrected chi connectivity index (χ2v) is 11.5. The van der Waals surface area contributed by atoms with Gasteiger partial charge in [0.1, 0.15) is 5.82 Å². The molecule has 5 N–H and O–H groups in total. The molecule has 1 aromatic carbocycles. The Morgan fingerprint density at radius 3 is 2.60 bits per heavy atom. The van der Waals surface area contributed by atoms with E-state index in [1.54, 1.807) is 12.1 Å². The Morgan fingerprint density at radius 2 is 1.95 bits per heavy atom. The van der Waals surface area contributed by atoms with Crippen molar-refractivity contribution in [2.45, 2.75) is 64.5 Å². The standard InChI is InChI=1S/C29H37Cl2N5O4/c1-29(2,3)40-17-25(33-10-5-7-22-9-8-18-6-4-11-34-27(18)35-22)23(16-32)28(39)36-24(15-26(37)38)19-12-20(30)14-21(31)13-19/h8-9,12-14,16,24,32-33H,4-7,10-11,15,17H2,1-3H3,(H,34,35)(H,36,39)(H,37,38)/b25-23+,32-16?. The molecule has 2 heterocycles. The number of aromatic nitrogens is 1. The predicted molar refractivity (Wildman–Crippen MR) is 158 cm³/mol. The Labute approximate surface area is 245 Å². The quantitative estimate of drug-likeness (QED) is 0.121. The largest absolute Gasteiger partial charge is 0.481 e. The minimum atomic E-state index is -1.11. The molecule has 0 bridgehead atoms. The van der Waals surface area contributed by atoms with Gasteiger partial charge in [-0.3, -0.25) is 9.59 Å². The first-order valence-corrected chi connectivity index (χ1v) is 14.0. The Hall–Kier alpha value is -3.14. The molecule has 0 saturated carbocycles. The smallest absolute Gasteiger partial charge is 0.305 e. The van der Waals surface area contributed by atoms with Crippen LogP contribution in [0.25, 0.3) is 0 Å². The molecule has 1 unspecified atom stereocenters. The van der Waals surface area contributed by atoms with Crippen molar-refractivity contribution in [3.63, 3.8) is 0 Å². The lowest BCUT2D eigenvalue weighted by molar-refractivity contribution is -0.137. The zero-order valence-electron chi connectivity index (χ0n) is 23.1. The zero-order chi connectivity index (χ0) is 29.3. The minimum Gasteiger partial charge on any atom is -0.481 e. The number of fused-ring (bicyclic) bond motifs is 1. The third-order valence-corrected chi connectivity index (χ3v) is 6.67.